The predicted octanol–water partition coefficient (Wildman–Crippen LogP) is 3.43. The van der Waals surface area contributed by atoms with E-state index in [2.05, 4.69) is 5.32 Å². The number of halogens is 1. The molecule has 0 atom stereocenters. The first-order chi connectivity index (χ1) is 10.7. The Bertz CT molecular complexity index is 617. The Kier molecular flexibility index (Phi) is 6.10. The summed E-state index contributed by atoms with van der Waals surface area (Å²) in [5.74, 6) is 1.37. The molecule has 0 saturated carbocycles. The minimum absolute atomic E-state index is 0.0852. The van der Waals surface area contributed by atoms with Crippen LogP contribution in [-0.4, -0.2) is 19.6 Å². The van der Waals surface area contributed by atoms with E-state index < -0.39 is 0 Å². The van der Waals surface area contributed by atoms with Crippen molar-refractivity contribution in [3.63, 3.8) is 0 Å². The van der Waals surface area contributed by atoms with Gasteiger partial charge in [-0.3, -0.25) is 4.79 Å². The fraction of sp³-hybridized carbons (Fsp3) is 0.235. The van der Waals surface area contributed by atoms with Crippen LogP contribution < -0.4 is 14.8 Å². The SMILES string of the molecule is COc1ccc(Cl)cc1CNC(=O)CCOc1ccccc1. The predicted molar refractivity (Wildman–Crippen MR) is 86.4 cm³/mol. The molecule has 0 aliphatic rings. The molecule has 2 aromatic rings. The lowest BCUT2D eigenvalue weighted by Crippen LogP contribution is -2.24. The largest absolute Gasteiger partial charge is 0.496 e. The smallest absolute Gasteiger partial charge is 0.223 e. The number of benzene rings is 2. The zero-order chi connectivity index (χ0) is 15.8. The molecule has 2 aromatic carbocycles. The number of carbonyl (C=O) groups excluding carboxylic acids is 1. The molecule has 0 fully saturated rings. The van der Waals surface area contributed by atoms with Crippen LogP contribution in [0.25, 0.3) is 0 Å². The molecule has 1 N–H and O–H groups in total. The van der Waals surface area contributed by atoms with Gasteiger partial charge in [-0.05, 0) is 30.3 Å². The fourth-order valence-electron chi connectivity index (χ4n) is 1.95. The number of amides is 1. The maximum atomic E-state index is 11.8. The number of carbonyl (C=O) groups is 1. The van der Waals surface area contributed by atoms with E-state index in [0.29, 0.717) is 23.9 Å². The molecule has 0 aliphatic heterocycles. The van der Waals surface area contributed by atoms with Gasteiger partial charge in [-0.25, -0.2) is 0 Å². The summed E-state index contributed by atoms with van der Waals surface area (Å²) < 4.78 is 10.7. The normalized spacial score (nSPS) is 10.1. The lowest BCUT2D eigenvalue weighted by atomic mass is 10.2. The van der Waals surface area contributed by atoms with E-state index >= 15 is 0 Å². The molecule has 22 heavy (non-hydrogen) atoms. The minimum Gasteiger partial charge on any atom is -0.496 e. The molecule has 2 rings (SSSR count). The number of rotatable bonds is 7. The van der Waals surface area contributed by atoms with Crippen molar-refractivity contribution in [2.45, 2.75) is 13.0 Å². The third-order valence-corrected chi connectivity index (χ3v) is 3.29. The Balaban J connectivity index is 1.77. The number of methoxy groups -OCH3 is 1. The molecule has 0 spiro atoms. The van der Waals surface area contributed by atoms with Crippen LogP contribution in [0, 0.1) is 0 Å². The van der Waals surface area contributed by atoms with Crippen LogP contribution >= 0.6 is 11.6 Å². The van der Waals surface area contributed by atoms with Gasteiger partial charge in [0, 0.05) is 17.1 Å². The van der Waals surface area contributed by atoms with Crippen LogP contribution in [0.15, 0.2) is 48.5 Å². The molecule has 0 saturated heterocycles. The first-order valence-corrected chi connectivity index (χ1v) is 7.34. The summed E-state index contributed by atoms with van der Waals surface area (Å²) >= 11 is 5.95. The first kappa shape index (κ1) is 16.2. The number of para-hydroxylation sites is 1. The Morgan fingerprint density at radius 1 is 1.18 bits per heavy atom. The van der Waals surface area contributed by atoms with Gasteiger partial charge < -0.3 is 14.8 Å². The lowest BCUT2D eigenvalue weighted by molar-refractivity contribution is -0.121. The highest BCUT2D eigenvalue weighted by atomic mass is 35.5. The zero-order valence-corrected chi connectivity index (χ0v) is 13.1. The van der Waals surface area contributed by atoms with Gasteiger partial charge in [0.25, 0.3) is 0 Å². The molecule has 1 amide bonds. The Hall–Kier alpha value is -2.20. The molecule has 0 bridgehead atoms. The van der Waals surface area contributed by atoms with Crippen LogP contribution in [-0.2, 0) is 11.3 Å². The molecular formula is C17H18ClNO3. The fourth-order valence-corrected chi connectivity index (χ4v) is 2.14. The van der Waals surface area contributed by atoms with E-state index in [1.54, 1.807) is 25.3 Å². The lowest BCUT2D eigenvalue weighted by Gasteiger charge is -2.10. The summed E-state index contributed by atoms with van der Waals surface area (Å²) in [5, 5.41) is 3.44. The van der Waals surface area contributed by atoms with E-state index in [4.69, 9.17) is 21.1 Å². The van der Waals surface area contributed by atoms with Gasteiger partial charge in [-0.2, -0.15) is 0 Å². The zero-order valence-electron chi connectivity index (χ0n) is 12.3. The van der Waals surface area contributed by atoms with E-state index in [1.165, 1.54) is 0 Å². The number of hydrogen-bond donors (Lipinski definition) is 1. The summed E-state index contributed by atoms with van der Waals surface area (Å²) in [6, 6.07) is 14.7. The van der Waals surface area contributed by atoms with Crippen molar-refractivity contribution >= 4 is 17.5 Å². The third kappa shape index (κ3) is 4.97. The highest BCUT2D eigenvalue weighted by Crippen LogP contribution is 2.22. The van der Waals surface area contributed by atoms with Crippen LogP contribution in [0.2, 0.25) is 5.02 Å². The van der Waals surface area contributed by atoms with Gasteiger partial charge in [-0.1, -0.05) is 29.8 Å². The van der Waals surface area contributed by atoms with Crippen molar-refractivity contribution in [1.82, 2.24) is 5.32 Å². The van der Waals surface area contributed by atoms with Crippen molar-refractivity contribution in [3.8, 4) is 11.5 Å². The van der Waals surface area contributed by atoms with Crippen molar-refractivity contribution in [1.29, 1.82) is 0 Å². The van der Waals surface area contributed by atoms with E-state index in [9.17, 15) is 4.79 Å². The van der Waals surface area contributed by atoms with Gasteiger partial charge in [0.05, 0.1) is 20.1 Å². The summed E-state index contributed by atoms with van der Waals surface area (Å²) in [6.45, 7) is 0.705. The highest BCUT2D eigenvalue weighted by Gasteiger charge is 2.07. The van der Waals surface area contributed by atoms with Crippen molar-refractivity contribution in [3.05, 3.63) is 59.1 Å². The Morgan fingerprint density at radius 3 is 2.68 bits per heavy atom. The molecule has 0 unspecified atom stereocenters. The second kappa shape index (κ2) is 8.29. The number of nitrogens with one attached hydrogen (secondary N) is 1. The second-order valence-corrected chi connectivity index (χ2v) is 5.08. The van der Waals surface area contributed by atoms with Crippen molar-refractivity contribution < 1.29 is 14.3 Å². The average Bonchev–Trinajstić information content (AvgIpc) is 2.54. The number of ether oxygens (including phenoxy) is 2. The van der Waals surface area contributed by atoms with Crippen molar-refractivity contribution in [2.75, 3.05) is 13.7 Å². The topological polar surface area (TPSA) is 47.6 Å². The van der Waals surface area contributed by atoms with E-state index in [1.807, 2.05) is 30.3 Å². The molecule has 0 radical (unpaired) electrons. The van der Waals surface area contributed by atoms with Crippen LogP contribution in [0.1, 0.15) is 12.0 Å². The van der Waals surface area contributed by atoms with Crippen LogP contribution in [0.4, 0.5) is 0 Å². The van der Waals surface area contributed by atoms with Gasteiger partial charge >= 0.3 is 0 Å². The molecule has 116 valence electrons. The summed E-state index contributed by atoms with van der Waals surface area (Å²) in [4.78, 5) is 11.8. The summed E-state index contributed by atoms with van der Waals surface area (Å²) in [6.07, 6.45) is 0.289. The summed E-state index contributed by atoms with van der Waals surface area (Å²) in [7, 11) is 1.59. The number of hydrogen-bond acceptors (Lipinski definition) is 3. The highest BCUT2D eigenvalue weighted by molar-refractivity contribution is 6.30. The molecule has 0 aromatic heterocycles. The standard InChI is InChI=1S/C17H18ClNO3/c1-21-16-8-7-14(18)11-13(16)12-19-17(20)9-10-22-15-5-3-2-4-6-15/h2-8,11H,9-10,12H2,1H3,(H,19,20). The minimum atomic E-state index is -0.0852. The first-order valence-electron chi connectivity index (χ1n) is 6.96. The molecule has 0 aliphatic carbocycles. The third-order valence-electron chi connectivity index (χ3n) is 3.06. The van der Waals surface area contributed by atoms with Gasteiger partial charge in [-0.15, -0.1) is 0 Å². The molecule has 4 nitrogen and oxygen atoms in total. The Morgan fingerprint density at radius 2 is 1.95 bits per heavy atom. The molecule has 0 heterocycles. The monoisotopic (exact) mass is 319 g/mol. The van der Waals surface area contributed by atoms with E-state index in [0.717, 1.165) is 11.3 Å². The second-order valence-electron chi connectivity index (χ2n) is 4.64. The summed E-state index contributed by atoms with van der Waals surface area (Å²) in [5.41, 5.74) is 0.840. The van der Waals surface area contributed by atoms with Gasteiger partial charge in [0.2, 0.25) is 5.91 Å². The average molecular weight is 320 g/mol. The molecule has 5 heteroatoms. The van der Waals surface area contributed by atoms with Gasteiger partial charge in [0.1, 0.15) is 11.5 Å². The molecular weight excluding hydrogens is 302 g/mol. The van der Waals surface area contributed by atoms with E-state index in [-0.39, 0.29) is 12.3 Å². The van der Waals surface area contributed by atoms with Crippen LogP contribution in [0.3, 0.4) is 0 Å². The van der Waals surface area contributed by atoms with Crippen LogP contribution in [0.5, 0.6) is 11.5 Å². The Labute approximate surface area is 135 Å². The maximum Gasteiger partial charge on any atom is 0.223 e. The quantitative estimate of drug-likeness (QED) is 0.850. The van der Waals surface area contributed by atoms with Crippen molar-refractivity contribution in [2.24, 2.45) is 0 Å². The van der Waals surface area contributed by atoms with Gasteiger partial charge in [0.15, 0.2) is 0 Å². The maximum absolute atomic E-state index is 11.8.